The number of amides is 2. The molecule has 0 spiro atoms. The van der Waals surface area contributed by atoms with Crippen molar-refractivity contribution in [2.75, 3.05) is 32.1 Å². The monoisotopic (exact) mass is 508 g/mol. The van der Waals surface area contributed by atoms with Crippen molar-refractivity contribution >= 4 is 28.5 Å². The lowest BCUT2D eigenvalue weighted by molar-refractivity contribution is -0.144. The third kappa shape index (κ3) is 7.50. The Bertz CT molecular complexity index is 1190. The number of carbonyl (C=O) groups is 2. The number of rotatable bonds is 3. The van der Waals surface area contributed by atoms with Crippen LogP contribution in [0, 0.1) is 5.92 Å². The average molecular weight is 509 g/mol. The van der Waals surface area contributed by atoms with Gasteiger partial charge in [0.15, 0.2) is 0 Å². The molecule has 0 aliphatic carbocycles. The lowest BCUT2D eigenvalue weighted by Crippen LogP contribution is -2.44. The summed E-state index contributed by atoms with van der Waals surface area (Å²) < 4.78 is 13.4. The van der Waals surface area contributed by atoms with Crippen LogP contribution < -0.4 is 10.6 Å². The quantitative estimate of drug-likeness (QED) is 0.522. The van der Waals surface area contributed by atoms with E-state index in [0.29, 0.717) is 44.8 Å². The number of carbonyl (C=O) groups excluding carboxylic acids is 2. The Morgan fingerprint density at radius 2 is 2.03 bits per heavy atom. The van der Waals surface area contributed by atoms with Crippen LogP contribution in [0.2, 0.25) is 0 Å². The molecule has 2 bridgehead atoms. The van der Waals surface area contributed by atoms with Crippen LogP contribution in [0.1, 0.15) is 32.4 Å². The molecule has 37 heavy (non-hydrogen) atoms. The highest BCUT2D eigenvalue weighted by molar-refractivity contribution is 6.01. The van der Waals surface area contributed by atoms with Crippen molar-refractivity contribution in [3.05, 3.63) is 54.4 Å². The molecule has 3 atom stereocenters. The first-order valence-electron chi connectivity index (χ1n) is 12.8. The van der Waals surface area contributed by atoms with Crippen molar-refractivity contribution in [2.45, 2.75) is 52.0 Å². The molecular weight excluding hydrogens is 472 g/mol. The van der Waals surface area contributed by atoms with Crippen LogP contribution in [0.25, 0.3) is 10.8 Å². The molecule has 4 rings (SSSR count). The zero-order valence-electron chi connectivity index (χ0n) is 21.7. The highest BCUT2D eigenvalue weighted by Gasteiger charge is 2.24. The number of esters is 1. The Morgan fingerprint density at radius 3 is 2.89 bits per heavy atom. The predicted molar refractivity (Wildman–Crippen MR) is 141 cm³/mol. The zero-order chi connectivity index (χ0) is 26.2. The minimum absolute atomic E-state index is 0.0000143. The number of benzene rings is 2. The summed E-state index contributed by atoms with van der Waals surface area (Å²) in [5.74, 6) is -0.150. The molecule has 0 radical (unpaired) electrons. The molecule has 1 aliphatic rings. The summed E-state index contributed by atoms with van der Waals surface area (Å²) in [6, 6.07) is 13.6. The topological polar surface area (TPSA) is 111 Å². The molecule has 0 saturated heterocycles. The maximum absolute atomic E-state index is 13.1. The van der Waals surface area contributed by atoms with Gasteiger partial charge in [0.05, 0.1) is 24.6 Å². The van der Waals surface area contributed by atoms with E-state index >= 15 is 0 Å². The largest absolute Gasteiger partial charge is 0.464 e. The zero-order valence-corrected chi connectivity index (χ0v) is 21.7. The number of anilines is 1. The van der Waals surface area contributed by atoms with Gasteiger partial charge in [-0.3, -0.25) is 9.48 Å². The van der Waals surface area contributed by atoms with Gasteiger partial charge < -0.3 is 25.0 Å². The number of fused-ring (bicyclic) bond motifs is 3. The highest BCUT2D eigenvalue weighted by Crippen LogP contribution is 2.23. The van der Waals surface area contributed by atoms with E-state index in [2.05, 4.69) is 27.9 Å². The maximum atomic E-state index is 13.1. The normalized spacial score (nSPS) is 21.8. The van der Waals surface area contributed by atoms with Gasteiger partial charge in [0.25, 0.3) is 0 Å². The Kier molecular flexibility index (Phi) is 9.08. The van der Waals surface area contributed by atoms with Crippen molar-refractivity contribution in [2.24, 2.45) is 5.92 Å². The summed E-state index contributed by atoms with van der Waals surface area (Å²) in [6.45, 7) is 6.24. The molecule has 2 N–H and O–H groups in total. The van der Waals surface area contributed by atoms with E-state index in [1.807, 2.05) is 55.6 Å². The standard InChI is InChI=1S/C27H36N6O4/c1-19-14-28-20(2)17-37-26(34)12-7-13-33-15-22(30-31-33)18-36-25(19)16-32(3)27(35)29-24-11-6-9-21-8-4-5-10-23(21)24/h4-6,8-11,15,19-20,25,28H,7,12-14,16-18H2,1-3H3,(H,29,35)/t19-,20-,25-/m1/s1. The first-order valence-corrected chi connectivity index (χ1v) is 12.8. The van der Waals surface area contributed by atoms with E-state index < -0.39 is 0 Å². The molecule has 10 heteroatoms. The molecule has 2 aromatic carbocycles. The van der Waals surface area contributed by atoms with Crippen molar-refractivity contribution in [1.82, 2.24) is 25.2 Å². The van der Waals surface area contributed by atoms with E-state index in [1.54, 1.807) is 16.6 Å². The molecule has 0 fully saturated rings. The van der Waals surface area contributed by atoms with E-state index in [1.165, 1.54) is 0 Å². The first kappa shape index (κ1) is 26.6. The summed E-state index contributed by atoms with van der Waals surface area (Å²) in [6.07, 6.45) is 2.53. The van der Waals surface area contributed by atoms with Gasteiger partial charge in [-0.25, -0.2) is 4.79 Å². The van der Waals surface area contributed by atoms with Gasteiger partial charge in [-0.15, -0.1) is 5.10 Å². The van der Waals surface area contributed by atoms with Gasteiger partial charge in [0.2, 0.25) is 0 Å². The van der Waals surface area contributed by atoms with E-state index in [-0.39, 0.29) is 36.7 Å². The van der Waals surface area contributed by atoms with Crippen LogP contribution in [0.3, 0.4) is 0 Å². The Hall–Kier alpha value is -3.50. The number of aromatic nitrogens is 3. The van der Waals surface area contributed by atoms with E-state index in [4.69, 9.17) is 9.47 Å². The molecule has 198 valence electrons. The maximum Gasteiger partial charge on any atom is 0.321 e. The molecule has 10 nitrogen and oxygen atoms in total. The summed E-state index contributed by atoms with van der Waals surface area (Å²) in [5, 5.41) is 16.8. The SMILES string of the molecule is C[C@@H]1COC(=O)CCCn2cc(nn2)CO[C@H](CN(C)C(=O)Nc2cccc3ccccc23)[C@H](C)CN1. The Balaban J connectivity index is 1.44. The molecule has 3 aromatic rings. The average Bonchev–Trinajstić information content (AvgIpc) is 3.35. The number of hydrogen-bond donors (Lipinski definition) is 2. The number of aryl methyl sites for hydroxylation is 1. The fraction of sp³-hybridized carbons (Fsp3) is 0.481. The van der Waals surface area contributed by atoms with Gasteiger partial charge in [0.1, 0.15) is 12.3 Å². The smallest absolute Gasteiger partial charge is 0.321 e. The van der Waals surface area contributed by atoms with Gasteiger partial charge in [-0.1, -0.05) is 48.5 Å². The van der Waals surface area contributed by atoms with Crippen molar-refractivity contribution in [3.8, 4) is 0 Å². The van der Waals surface area contributed by atoms with Crippen molar-refractivity contribution in [1.29, 1.82) is 0 Å². The first-order chi connectivity index (χ1) is 17.9. The van der Waals surface area contributed by atoms with Gasteiger partial charge >= 0.3 is 12.0 Å². The molecule has 0 saturated carbocycles. The highest BCUT2D eigenvalue weighted by atomic mass is 16.5. The van der Waals surface area contributed by atoms with Gasteiger partial charge in [-0.05, 0) is 30.7 Å². The molecule has 0 unspecified atom stereocenters. The fourth-order valence-electron chi connectivity index (χ4n) is 4.25. The third-order valence-corrected chi connectivity index (χ3v) is 6.55. The van der Waals surface area contributed by atoms with Gasteiger partial charge in [0, 0.05) is 44.5 Å². The molecule has 2 amide bonds. The Labute approximate surface area is 217 Å². The number of likely N-dealkylation sites (N-methyl/N-ethyl adjacent to an activating group) is 1. The second-order valence-electron chi connectivity index (χ2n) is 9.73. The van der Waals surface area contributed by atoms with Crippen LogP contribution in [0.4, 0.5) is 10.5 Å². The fourth-order valence-corrected chi connectivity index (χ4v) is 4.25. The van der Waals surface area contributed by atoms with Crippen LogP contribution in [-0.4, -0.2) is 70.8 Å². The summed E-state index contributed by atoms with van der Waals surface area (Å²) >= 11 is 0. The van der Waals surface area contributed by atoms with Crippen molar-refractivity contribution in [3.63, 3.8) is 0 Å². The third-order valence-electron chi connectivity index (χ3n) is 6.55. The molecule has 2 heterocycles. The minimum Gasteiger partial charge on any atom is -0.464 e. The number of hydrogen-bond acceptors (Lipinski definition) is 7. The molecule has 1 aliphatic heterocycles. The van der Waals surface area contributed by atoms with Crippen LogP contribution in [0.15, 0.2) is 48.7 Å². The van der Waals surface area contributed by atoms with Crippen LogP contribution in [-0.2, 0) is 27.4 Å². The Morgan fingerprint density at radius 1 is 1.22 bits per heavy atom. The van der Waals surface area contributed by atoms with Gasteiger partial charge in [-0.2, -0.15) is 0 Å². The number of urea groups is 1. The lowest BCUT2D eigenvalue weighted by Gasteiger charge is -2.30. The second kappa shape index (κ2) is 12.6. The number of cyclic esters (lactones) is 1. The van der Waals surface area contributed by atoms with E-state index in [9.17, 15) is 9.59 Å². The molecular formula is C27H36N6O4. The summed E-state index contributed by atoms with van der Waals surface area (Å²) in [5.41, 5.74) is 1.47. The predicted octanol–water partition coefficient (Wildman–Crippen LogP) is 3.43. The molecule has 1 aromatic heterocycles. The minimum atomic E-state index is -0.261. The van der Waals surface area contributed by atoms with Crippen molar-refractivity contribution < 1.29 is 19.1 Å². The van der Waals surface area contributed by atoms with Crippen LogP contribution in [0.5, 0.6) is 0 Å². The second-order valence-corrected chi connectivity index (χ2v) is 9.73. The summed E-state index contributed by atoms with van der Waals surface area (Å²) in [4.78, 5) is 26.8. The number of nitrogens with one attached hydrogen (secondary N) is 2. The lowest BCUT2D eigenvalue weighted by atomic mass is 10.0. The van der Waals surface area contributed by atoms with E-state index in [0.717, 1.165) is 16.5 Å². The summed E-state index contributed by atoms with van der Waals surface area (Å²) in [7, 11) is 1.77. The number of ether oxygens (including phenoxy) is 2. The van der Waals surface area contributed by atoms with Crippen LogP contribution >= 0.6 is 0 Å². The number of nitrogens with zero attached hydrogens (tertiary/aromatic N) is 4.